The lowest BCUT2D eigenvalue weighted by Crippen LogP contribution is -2.33. The lowest BCUT2D eigenvalue weighted by Gasteiger charge is -2.15. The van der Waals surface area contributed by atoms with Crippen LogP contribution in [0.4, 0.5) is 8.78 Å². The largest absolute Gasteiger partial charge is 0.491 e. The number of nitrogens with one attached hydrogen (secondary N) is 1. The summed E-state index contributed by atoms with van der Waals surface area (Å²) in [6.07, 6.45) is 4.45. The Hall–Kier alpha value is -1.20. The van der Waals surface area contributed by atoms with Gasteiger partial charge in [-0.3, -0.25) is 0 Å². The maximum atomic E-state index is 12.9. The molecule has 0 radical (unpaired) electrons. The van der Waals surface area contributed by atoms with Crippen LogP contribution in [0.3, 0.4) is 0 Å². The Labute approximate surface area is 117 Å². The fraction of sp³-hybridized carbons (Fsp3) is 0.600. The average Bonchev–Trinajstić information content (AvgIpc) is 2.93. The summed E-state index contributed by atoms with van der Waals surface area (Å²) in [7, 11) is 0. The second-order valence-corrected chi connectivity index (χ2v) is 5.35. The maximum absolute atomic E-state index is 12.9. The summed E-state index contributed by atoms with van der Waals surface area (Å²) in [5.74, 6) is -0.916. The molecule has 0 amide bonds. The molecular weight excluding hydrogens is 264 g/mol. The molecule has 0 aliphatic heterocycles. The quantitative estimate of drug-likeness (QED) is 0.808. The molecule has 1 fully saturated rings. The molecule has 5 heteroatoms. The van der Waals surface area contributed by atoms with E-state index in [9.17, 15) is 13.9 Å². The van der Waals surface area contributed by atoms with Gasteiger partial charge in [0.25, 0.3) is 0 Å². The first-order valence-corrected chi connectivity index (χ1v) is 7.12. The van der Waals surface area contributed by atoms with Gasteiger partial charge in [-0.15, -0.1) is 0 Å². The summed E-state index contributed by atoms with van der Waals surface area (Å²) in [5, 5.41) is 13.0. The van der Waals surface area contributed by atoms with E-state index in [1.165, 1.54) is 31.7 Å². The van der Waals surface area contributed by atoms with Crippen LogP contribution >= 0.6 is 0 Å². The number of ether oxygens (including phenoxy) is 1. The van der Waals surface area contributed by atoms with E-state index in [4.69, 9.17) is 4.74 Å². The first-order valence-electron chi connectivity index (χ1n) is 7.12. The third-order valence-corrected chi connectivity index (χ3v) is 3.62. The van der Waals surface area contributed by atoms with Crippen molar-refractivity contribution in [2.45, 2.75) is 31.8 Å². The minimum atomic E-state index is -0.948. The third-order valence-electron chi connectivity index (χ3n) is 3.62. The molecular formula is C15H21F2NO2. The summed E-state index contributed by atoms with van der Waals surface area (Å²) in [4.78, 5) is 0. The van der Waals surface area contributed by atoms with Gasteiger partial charge in [-0.2, -0.15) is 0 Å². The number of aliphatic hydroxyl groups excluding tert-OH is 1. The van der Waals surface area contributed by atoms with Crippen LogP contribution in [0.25, 0.3) is 0 Å². The van der Waals surface area contributed by atoms with Crippen LogP contribution in [0, 0.1) is 17.6 Å². The Morgan fingerprint density at radius 1 is 1.25 bits per heavy atom. The van der Waals surface area contributed by atoms with Gasteiger partial charge in [0.15, 0.2) is 11.6 Å². The highest BCUT2D eigenvalue weighted by atomic mass is 19.2. The van der Waals surface area contributed by atoms with Crippen molar-refractivity contribution in [2.75, 3.05) is 19.7 Å². The molecule has 1 aromatic rings. The fourth-order valence-corrected chi connectivity index (χ4v) is 2.49. The fourth-order valence-electron chi connectivity index (χ4n) is 2.49. The molecule has 1 saturated carbocycles. The average molecular weight is 285 g/mol. The van der Waals surface area contributed by atoms with Crippen LogP contribution in [-0.2, 0) is 0 Å². The van der Waals surface area contributed by atoms with Gasteiger partial charge in [-0.05, 0) is 37.4 Å². The molecule has 3 nitrogen and oxygen atoms in total. The van der Waals surface area contributed by atoms with Crippen molar-refractivity contribution in [3.63, 3.8) is 0 Å². The molecule has 1 aliphatic carbocycles. The van der Waals surface area contributed by atoms with E-state index < -0.39 is 17.7 Å². The number of hydrogen-bond donors (Lipinski definition) is 2. The molecule has 20 heavy (non-hydrogen) atoms. The lowest BCUT2D eigenvalue weighted by atomic mass is 10.1. The van der Waals surface area contributed by atoms with Crippen molar-refractivity contribution in [2.24, 2.45) is 5.92 Å². The van der Waals surface area contributed by atoms with Crippen molar-refractivity contribution < 1.29 is 18.6 Å². The van der Waals surface area contributed by atoms with Crippen LogP contribution in [0.2, 0.25) is 0 Å². The third kappa shape index (κ3) is 4.72. The monoisotopic (exact) mass is 285 g/mol. The molecule has 0 heterocycles. The van der Waals surface area contributed by atoms with Crippen molar-refractivity contribution in [1.29, 1.82) is 0 Å². The van der Waals surface area contributed by atoms with E-state index in [0.717, 1.165) is 18.7 Å². The van der Waals surface area contributed by atoms with E-state index in [1.54, 1.807) is 0 Å². The van der Waals surface area contributed by atoms with Gasteiger partial charge < -0.3 is 15.2 Å². The predicted octanol–water partition coefficient (Wildman–Crippen LogP) is 2.48. The standard InChI is InChI=1S/C15H21F2NO2/c16-14-6-5-13(7-15(14)17)20-10-12(19)9-18-8-11-3-1-2-4-11/h5-7,11-12,18-19H,1-4,8-10H2. The lowest BCUT2D eigenvalue weighted by molar-refractivity contribution is 0.105. The number of halogens is 2. The highest BCUT2D eigenvalue weighted by Crippen LogP contribution is 2.23. The number of aliphatic hydroxyl groups is 1. The molecule has 112 valence electrons. The second kappa shape index (κ2) is 7.55. The molecule has 1 aliphatic rings. The summed E-state index contributed by atoms with van der Waals surface area (Å²) in [6, 6.07) is 3.33. The Morgan fingerprint density at radius 2 is 2.00 bits per heavy atom. The van der Waals surface area contributed by atoms with Gasteiger partial charge in [0, 0.05) is 12.6 Å². The summed E-state index contributed by atoms with van der Waals surface area (Å²) < 4.78 is 30.9. The first kappa shape index (κ1) is 15.2. The van der Waals surface area contributed by atoms with Gasteiger partial charge >= 0.3 is 0 Å². The number of rotatable bonds is 7. The van der Waals surface area contributed by atoms with Crippen LogP contribution < -0.4 is 10.1 Å². The van der Waals surface area contributed by atoms with E-state index in [2.05, 4.69) is 5.32 Å². The number of hydrogen-bond acceptors (Lipinski definition) is 3. The van der Waals surface area contributed by atoms with Crippen LogP contribution in [0.1, 0.15) is 25.7 Å². The summed E-state index contributed by atoms with van der Waals surface area (Å²) >= 11 is 0. The first-order chi connectivity index (χ1) is 9.65. The minimum Gasteiger partial charge on any atom is -0.491 e. The molecule has 1 atom stereocenters. The second-order valence-electron chi connectivity index (χ2n) is 5.35. The normalized spacial score (nSPS) is 17.4. The van der Waals surface area contributed by atoms with Gasteiger partial charge in [-0.1, -0.05) is 12.8 Å². The Bertz CT molecular complexity index is 422. The van der Waals surface area contributed by atoms with Gasteiger partial charge in [0.05, 0.1) is 0 Å². The van der Waals surface area contributed by atoms with Gasteiger partial charge in [0.1, 0.15) is 18.5 Å². The van der Waals surface area contributed by atoms with E-state index in [-0.39, 0.29) is 12.4 Å². The molecule has 0 bridgehead atoms. The van der Waals surface area contributed by atoms with E-state index in [1.807, 2.05) is 0 Å². The SMILES string of the molecule is OC(CNCC1CCCC1)COc1ccc(F)c(F)c1. The van der Waals surface area contributed by atoms with Crippen molar-refractivity contribution in [3.05, 3.63) is 29.8 Å². The predicted molar refractivity (Wildman–Crippen MR) is 72.7 cm³/mol. The zero-order valence-corrected chi connectivity index (χ0v) is 11.4. The molecule has 1 unspecified atom stereocenters. The number of benzene rings is 1. The summed E-state index contributed by atoms with van der Waals surface area (Å²) in [6.45, 7) is 1.42. The Kier molecular flexibility index (Phi) is 5.73. The zero-order chi connectivity index (χ0) is 14.4. The zero-order valence-electron chi connectivity index (χ0n) is 11.4. The van der Waals surface area contributed by atoms with E-state index >= 15 is 0 Å². The molecule has 2 rings (SSSR count). The van der Waals surface area contributed by atoms with E-state index in [0.29, 0.717) is 12.5 Å². The molecule has 2 N–H and O–H groups in total. The van der Waals surface area contributed by atoms with Gasteiger partial charge in [-0.25, -0.2) is 8.78 Å². The van der Waals surface area contributed by atoms with Crippen LogP contribution in [0.15, 0.2) is 18.2 Å². The Morgan fingerprint density at radius 3 is 2.70 bits per heavy atom. The van der Waals surface area contributed by atoms with Crippen molar-refractivity contribution >= 4 is 0 Å². The summed E-state index contributed by atoms with van der Waals surface area (Å²) in [5.41, 5.74) is 0. The molecule has 0 spiro atoms. The topological polar surface area (TPSA) is 41.5 Å². The molecule has 0 saturated heterocycles. The highest BCUT2D eigenvalue weighted by molar-refractivity contribution is 5.23. The highest BCUT2D eigenvalue weighted by Gasteiger charge is 2.15. The van der Waals surface area contributed by atoms with Crippen molar-refractivity contribution in [3.8, 4) is 5.75 Å². The maximum Gasteiger partial charge on any atom is 0.162 e. The molecule has 0 aromatic heterocycles. The smallest absolute Gasteiger partial charge is 0.162 e. The van der Waals surface area contributed by atoms with Gasteiger partial charge in [0.2, 0.25) is 0 Å². The Balaban J connectivity index is 1.63. The van der Waals surface area contributed by atoms with Crippen molar-refractivity contribution in [1.82, 2.24) is 5.32 Å². The van der Waals surface area contributed by atoms with Crippen LogP contribution in [-0.4, -0.2) is 30.9 Å². The molecule has 1 aromatic carbocycles. The van der Waals surface area contributed by atoms with Crippen LogP contribution in [0.5, 0.6) is 5.75 Å². The minimum absolute atomic E-state index is 0.0583.